The van der Waals surface area contributed by atoms with Crippen molar-refractivity contribution < 1.29 is 32.3 Å². The molecule has 0 bridgehead atoms. The molecule has 0 radical (unpaired) electrons. The summed E-state index contributed by atoms with van der Waals surface area (Å²) in [4.78, 5) is 40.6. The zero-order valence-electron chi connectivity index (χ0n) is 19.9. The Bertz CT molecular complexity index is 1180. The molecule has 0 spiro atoms. The number of methoxy groups -OCH3 is 1. The molecule has 2 rings (SSSR count). The maximum absolute atomic E-state index is 12.9. The van der Waals surface area contributed by atoms with Gasteiger partial charge in [-0.3, -0.25) is 4.79 Å². The number of nitrogens with one attached hydrogen (secondary N) is 1. The summed E-state index contributed by atoms with van der Waals surface area (Å²) in [6, 6.07) is 4.23. The molecular weight excluding hydrogens is 448 g/mol. The number of hydrogen-bond donors (Lipinski definition) is 1. The van der Waals surface area contributed by atoms with Crippen molar-refractivity contribution in [2.75, 3.05) is 20.2 Å². The van der Waals surface area contributed by atoms with E-state index in [1.165, 1.54) is 36.5 Å². The van der Waals surface area contributed by atoms with E-state index in [0.29, 0.717) is 29.9 Å². The van der Waals surface area contributed by atoms with E-state index in [9.17, 15) is 22.8 Å². The first kappa shape index (κ1) is 26.3. The van der Waals surface area contributed by atoms with Crippen LogP contribution in [0.4, 0.5) is 0 Å². The molecule has 0 aliphatic rings. The number of Topliss-reactive ketones (excluding diaryl/α,β-unsaturated/α-hetero) is 1. The number of rotatable bonds is 9. The van der Waals surface area contributed by atoms with E-state index in [-0.39, 0.29) is 21.7 Å². The third kappa shape index (κ3) is 5.17. The number of esters is 2. The summed E-state index contributed by atoms with van der Waals surface area (Å²) in [6.07, 6.45) is -1.18. The van der Waals surface area contributed by atoms with E-state index in [2.05, 4.69) is 4.98 Å². The second-order valence-electron chi connectivity index (χ2n) is 7.59. The second-order valence-corrected chi connectivity index (χ2v) is 9.53. The Balaban J connectivity index is 2.32. The van der Waals surface area contributed by atoms with Crippen LogP contribution < -0.4 is 0 Å². The summed E-state index contributed by atoms with van der Waals surface area (Å²) in [6.45, 7) is 10.3. The molecule has 1 aromatic carbocycles. The lowest BCUT2D eigenvalue weighted by Gasteiger charge is -2.19. The van der Waals surface area contributed by atoms with Crippen LogP contribution in [-0.2, 0) is 19.5 Å². The highest BCUT2D eigenvalue weighted by Gasteiger charge is 2.29. The average molecular weight is 479 g/mol. The van der Waals surface area contributed by atoms with Crippen molar-refractivity contribution in [3.63, 3.8) is 0 Å². The quantitative estimate of drug-likeness (QED) is 0.434. The molecule has 0 saturated carbocycles. The lowest BCUT2D eigenvalue weighted by molar-refractivity contribution is 0.0315. The van der Waals surface area contributed by atoms with Gasteiger partial charge in [0.2, 0.25) is 15.8 Å². The van der Waals surface area contributed by atoms with E-state index >= 15 is 0 Å². The highest BCUT2D eigenvalue weighted by Crippen LogP contribution is 2.23. The van der Waals surface area contributed by atoms with Crippen LogP contribution >= 0.6 is 0 Å². The van der Waals surface area contributed by atoms with Crippen LogP contribution in [-0.4, -0.2) is 61.7 Å². The molecule has 1 aromatic heterocycles. The molecule has 1 heterocycles. The van der Waals surface area contributed by atoms with Gasteiger partial charge in [-0.2, -0.15) is 4.31 Å². The number of sulfonamides is 1. The molecule has 2 aromatic rings. The smallest absolute Gasteiger partial charge is 0.339 e. The van der Waals surface area contributed by atoms with Crippen LogP contribution in [0.5, 0.6) is 0 Å². The van der Waals surface area contributed by atoms with Crippen molar-refractivity contribution in [1.82, 2.24) is 9.29 Å². The van der Waals surface area contributed by atoms with Gasteiger partial charge in [0.1, 0.15) is 0 Å². The molecule has 1 atom stereocenters. The second kappa shape index (κ2) is 10.3. The fraction of sp³-hybridized carbons (Fsp3) is 0.435. The fourth-order valence-corrected chi connectivity index (χ4v) is 5.06. The van der Waals surface area contributed by atoms with Gasteiger partial charge >= 0.3 is 11.9 Å². The van der Waals surface area contributed by atoms with Crippen molar-refractivity contribution >= 4 is 27.7 Å². The number of carbonyl (C=O) groups is 3. The van der Waals surface area contributed by atoms with Crippen molar-refractivity contribution in [3.8, 4) is 0 Å². The van der Waals surface area contributed by atoms with Gasteiger partial charge in [-0.05, 0) is 51.0 Å². The monoisotopic (exact) mass is 478 g/mol. The molecule has 10 heteroatoms. The first-order chi connectivity index (χ1) is 15.4. The lowest BCUT2D eigenvalue weighted by atomic mass is 10.1. The van der Waals surface area contributed by atoms with Gasteiger partial charge in [0, 0.05) is 18.8 Å². The summed E-state index contributed by atoms with van der Waals surface area (Å²) in [5, 5.41) is 0. The highest BCUT2D eigenvalue weighted by molar-refractivity contribution is 7.89. The molecule has 180 valence electrons. The van der Waals surface area contributed by atoms with E-state index in [0.717, 1.165) is 0 Å². The third-order valence-electron chi connectivity index (χ3n) is 5.50. The van der Waals surface area contributed by atoms with Crippen LogP contribution in [0.1, 0.15) is 68.8 Å². The van der Waals surface area contributed by atoms with Crippen LogP contribution in [0.25, 0.3) is 0 Å². The van der Waals surface area contributed by atoms with Crippen LogP contribution in [0.3, 0.4) is 0 Å². The average Bonchev–Trinajstić information content (AvgIpc) is 3.07. The lowest BCUT2D eigenvalue weighted by Crippen LogP contribution is -2.31. The van der Waals surface area contributed by atoms with E-state index in [1.807, 2.05) is 0 Å². The van der Waals surface area contributed by atoms with Crippen molar-refractivity contribution in [1.29, 1.82) is 0 Å². The van der Waals surface area contributed by atoms with Gasteiger partial charge in [-0.25, -0.2) is 18.0 Å². The van der Waals surface area contributed by atoms with Gasteiger partial charge in [-0.1, -0.05) is 19.9 Å². The normalized spacial score (nSPS) is 12.5. The van der Waals surface area contributed by atoms with Gasteiger partial charge < -0.3 is 14.5 Å². The Hall–Kier alpha value is -2.98. The first-order valence-electron chi connectivity index (χ1n) is 10.5. The summed E-state index contributed by atoms with van der Waals surface area (Å²) in [7, 11) is -2.52. The molecule has 0 aliphatic carbocycles. The molecule has 1 N–H and O–H groups in total. The van der Waals surface area contributed by atoms with E-state index < -0.39 is 33.8 Å². The Kier molecular flexibility index (Phi) is 8.20. The number of carbonyl (C=O) groups excluding carboxylic acids is 3. The number of ketones is 1. The number of H-pyrrole nitrogens is 1. The van der Waals surface area contributed by atoms with Crippen LogP contribution in [0.2, 0.25) is 0 Å². The highest BCUT2D eigenvalue weighted by atomic mass is 32.2. The minimum absolute atomic E-state index is 0.0266. The Morgan fingerprint density at radius 1 is 1.06 bits per heavy atom. The first-order valence-corrected chi connectivity index (χ1v) is 12.0. The molecule has 0 saturated heterocycles. The number of aromatic nitrogens is 1. The van der Waals surface area contributed by atoms with E-state index in [1.54, 1.807) is 34.6 Å². The van der Waals surface area contributed by atoms with Gasteiger partial charge in [0.05, 0.1) is 28.8 Å². The topological polar surface area (TPSA) is 123 Å². The SMILES string of the molecule is CCN(CC)S(=O)(=O)c1ccc(C)c(C(=O)OC(C)C(=O)c2[nH]c(C)c(C(=O)OC)c2C)c1. The summed E-state index contributed by atoms with van der Waals surface area (Å²) in [5.74, 6) is -1.92. The Morgan fingerprint density at radius 2 is 1.67 bits per heavy atom. The molecule has 9 nitrogen and oxygen atoms in total. The van der Waals surface area contributed by atoms with Crippen molar-refractivity contribution in [3.05, 3.63) is 51.8 Å². The van der Waals surface area contributed by atoms with Crippen LogP contribution in [0.15, 0.2) is 23.1 Å². The van der Waals surface area contributed by atoms with Gasteiger partial charge in [0.15, 0.2) is 6.10 Å². The molecule has 0 amide bonds. The molecule has 33 heavy (non-hydrogen) atoms. The van der Waals surface area contributed by atoms with Crippen molar-refractivity contribution in [2.45, 2.75) is 52.5 Å². The standard InChI is InChI=1S/C23H30N2O7S/c1-8-25(9-2)33(29,30)17-11-10-13(3)18(12-17)22(27)32-16(6)21(26)20-14(4)19(15(5)24-20)23(28)31-7/h10-12,16,24H,8-9H2,1-7H3. The number of benzene rings is 1. The van der Waals surface area contributed by atoms with E-state index in [4.69, 9.17) is 9.47 Å². The molecule has 1 unspecified atom stereocenters. The third-order valence-corrected chi connectivity index (χ3v) is 7.54. The molecular formula is C23H30N2O7S. The zero-order chi connectivity index (χ0) is 25.1. The fourth-order valence-electron chi connectivity index (χ4n) is 3.58. The molecule has 0 aliphatic heterocycles. The van der Waals surface area contributed by atoms with Crippen molar-refractivity contribution in [2.24, 2.45) is 0 Å². The number of hydrogen-bond acceptors (Lipinski definition) is 7. The molecule has 0 fully saturated rings. The predicted octanol–water partition coefficient (Wildman–Crippen LogP) is 3.19. The minimum Gasteiger partial charge on any atom is -0.465 e. The van der Waals surface area contributed by atoms with Gasteiger partial charge in [0.25, 0.3) is 0 Å². The summed E-state index contributed by atoms with van der Waals surface area (Å²) in [5.41, 5.74) is 1.82. The number of aromatic amines is 1. The summed E-state index contributed by atoms with van der Waals surface area (Å²) < 4.78 is 37.1. The Labute approximate surface area is 194 Å². The minimum atomic E-state index is -3.77. The maximum atomic E-state index is 12.9. The summed E-state index contributed by atoms with van der Waals surface area (Å²) >= 11 is 0. The number of ether oxygens (including phenoxy) is 2. The van der Waals surface area contributed by atoms with Gasteiger partial charge in [-0.15, -0.1) is 0 Å². The Morgan fingerprint density at radius 3 is 2.21 bits per heavy atom. The van der Waals surface area contributed by atoms with Crippen LogP contribution in [0, 0.1) is 20.8 Å². The number of aryl methyl sites for hydroxylation is 2. The predicted molar refractivity (Wildman–Crippen MR) is 122 cm³/mol. The zero-order valence-corrected chi connectivity index (χ0v) is 20.8. The maximum Gasteiger partial charge on any atom is 0.339 e. The number of nitrogens with zero attached hydrogens (tertiary/aromatic N) is 1. The largest absolute Gasteiger partial charge is 0.465 e.